The summed E-state index contributed by atoms with van der Waals surface area (Å²) in [6, 6.07) is 7.91. The van der Waals surface area contributed by atoms with Gasteiger partial charge in [0.05, 0.1) is 28.4 Å². The lowest BCUT2D eigenvalue weighted by Crippen LogP contribution is -2.16. The molecule has 146 valence electrons. The number of hydrogen-bond acceptors (Lipinski definition) is 6. The number of methoxy groups -OCH3 is 4. The number of carbonyl (C=O) groups excluding carboxylic acids is 2. The van der Waals surface area contributed by atoms with Crippen LogP contribution in [-0.4, -0.2) is 40.1 Å². The first-order valence-corrected chi connectivity index (χ1v) is 7.75. The molecule has 27 heavy (non-hydrogen) atoms. The Labute approximate surface area is 163 Å². The van der Waals surface area contributed by atoms with E-state index in [4.69, 9.17) is 24.7 Å². The zero-order valence-electron chi connectivity index (χ0n) is 15.5. The summed E-state index contributed by atoms with van der Waals surface area (Å²) in [4.78, 5) is 24.4. The van der Waals surface area contributed by atoms with Crippen LogP contribution in [0.4, 0.5) is 0 Å². The fraction of sp³-hybridized carbons (Fsp3) is 0.263. The number of amides is 1. The highest BCUT2D eigenvalue weighted by atomic mass is 35.5. The number of ketones is 1. The van der Waals surface area contributed by atoms with Crippen LogP contribution in [0.5, 0.6) is 23.0 Å². The maximum Gasteiger partial charge on any atom is 0.248 e. The van der Waals surface area contributed by atoms with Crippen molar-refractivity contribution in [1.29, 1.82) is 0 Å². The average molecular weight is 396 g/mol. The van der Waals surface area contributed by atoms with Crippen molar-refractivity contribution < 1.29 is 28.5 Å². The van der Waals surface area contributed by atoms with Gasteiger partial charge in [0.2, 0.25) is 11.7 Å². The lowest BCUT2D eigenvalue weighted by molar-refractivity contribution is 0.0990. The van der Waals surface area contributed by atoms with E-state index in [1.165, 1.54) is 28.4 Å². The van der Waals surface area contributed by atoms with Crippen molar-refractivity contribution >= 4 is 24.1 Å². The predicted octanol–water partition coefficient (Wildman–Crippen LogP) is 2.67. The molecule has 2 aromatic rings. The number of Topliss-reactive ketones (excluding diaryl/α,β-unsaturated/α-hetero) is 1. The number of nitrogens with two attached hydrogens (primary N) is 1. The Kier molecular flexibility index (Phi) is 7.93. The van der Waals surface area contributed by atoms with Gasteiger partial charge in [-0.1, -0.05) is 0 Å². The molecule has 8 heteroatoms. The summed E-state index contributed by atoms with van der Waals surface area (Å²) < 4.78 is 20.9. The molecular formula is C19H22ClNO6. The number of carbonyl (C=O) groups is 2. The van der Waals surface area contributed by atoms with Crippen LogP contribution in [-0.2, 0) is 6.42 Å². The minimum absolute atomic E-state index is 0. The molecule has 0 spiro atoms. The van der Waals surface area contributed by atoms with Crippen LogP contribution in [0.15, 0.2) is 30.3 Å². The molecular weight excluding hydrogens is 374 g/mol. The van der Waals surface area contributed by atoms with E-state index in [0.717, 1.165) is 0 Å². The van der Waals surface area contributed by atoms with Crippen molar-refractivity contribution in [3.05, 3.63) is 47.0 Å². The molecule has 0 atom stereocenters. The Balaban J connectivity index is 0.00000364. The molecule has 0 saturated heterocycles. The second-order valence-electron chi connectivity index (χ2n) is 5.40. The van der Waals surface area contributed by atoms with Gasteiger partial charge in [-0.3, -0.25) is 9.59 Å². The summed E-state index contributed by atoms with van der Waals surface area (Å²) in [6.45, 7) is 0. The van der Waals surface area contributed by atoms with Gasteiger partial charge in [0, 0.05) is 17.5 Å². The first kappa shape index (κ1) is 22.1. The number of benzene rings is 2. The molecule has 0 fully saturated rings. The minimum Gasteiger partial charge on any atom is -0.497 e. The number of primary amides is 1. The van der Waals surface area contributed by atoms with Crippen molar-refractivity contribution in [3.63, 3.8) is 0 Å². The van der Waals surface area contributed by atoms with E-state index in [2.05, 4.69) is 0 Å². The van der Waals surface area contributed by atoms with Crippen LogP contribution >= 0.6 is 12.4 Å². The highest BCUT2D eigenvalue weighted by Gasteiger charge is 2.19. The summed E-state index contributed by atoms with van der Waals surface area (Å²) in [5.41, 5.74) is 6.51. The third-order valence-electron chi connectivity index (χ3n) is 3.92. The van der Waals surface area contributed by atoms with Crippen LogP contribution in [0.3, 0.4) is 0 Å². The normalized spacial score (nSPS) is 9.78. The van der Waals surface area contributed by atoms with E-state index >= 15 is 0 Å². The molecule has 0 aliphatic carbocycles. The fourth-order valence-corrected chi connectivity index (χ4v) is 2.60. The predicted molar refractivity (Wildman–Crippen MR) is 103 cm³/mol. The van der Waals surface area contributed by atoms with Crippen LogP contribution in [0.1, 0.15) is 26.3 Å². The first-order valence-electron chi connectivity index (χ1n) is 7.75. The molecule has 7 nitrogen and oxygen atoms in total. The van der Waals surface area contributed by atoms with E-state index < -0.39 is 5.91 Å². The van der Waals surface area contributed by atoms with Crippen LogP contribution in [0, 0.1) is 0 Å². The molecule has 0 heterocycles. The molecule has 0 aromatic heterocycles. The molecule has 0 bridgehead atoms. The lowest BCUT2D eigenvalue weighted by atomic mass is 9.97. The molecule has 0 unspecified atom stereocenters. The Morgan fingerprint density at radius 2 is 1.48 bits per heavy atom. The van der Waals surface area contributed by atoms with Gasteiger partial charge in [-0.15, -0.1) is 12.4 Å². The summed E-state index contributed by atoms with van der Waals surface area (Å²) in [5, 5.41) is 0. The highest BCUT2D eigenvalue weighted by Crippen LogP contribution is 2.38. The molecule has 0 aliphatic heterocycles. The van der Waals surface area contributed by atoms with Gasteiger partial charge < -0.3 is 24.7 Å². The van der Waals surface area contributed by atoms with Gasteiger partial charge in [-0.25, -0.2) is 0 Å². The van der Waals surface area contributed by atoms with Crippen LogP contribution in [0.2, 0.25) is 0 Å². The van der Waals surface area contributed by atoms with Crippen molar-refractivity contribution in [3.8, 4) is 23.0 Å². The van der Waals surface area contributed by atoms with Crippen LogP contribution < -0.4 is 24.7 Å². The van der Waals surface area contributed by atoms with Crippen molar-refractivity contribution in [1.82, 2.24) is 0 Å². The topological polar surface area (TPSA) is 97.1 Å². The van der Waals surface area contributed by atoms with Gasteiger partial charge in [-0.05, 0) is 35.9 Å². The molecule has 2 N–H and O–H groups in total. The number of halogens is 1. The van der Waals surface area contributed by atoms with Gasteiger partial charge >= 0.3 is 0 Å². The van der Waals surface area contributed by atoms with E-state index in [1.54, 1.807) is 30.3 Å². The Morgan fingerprint density at radius 1 is 0.889 bits per heavy atom. The SMILES string of the molecule is COc1ccc(C(N)=O)c(CC(=O)c2cc(OC)c(OC)c(OC)c2)c1.Cl. The van der Waals surface area contributed by atoms with Crippen molar-refractivity contribution in [2.75, 3.05) is 28.4 Å². The molecule has 0 saturated carbocycles. The second-order valence-corrected chi connectivity index (χ2v) is 5.40. The maximum absolute atomic E-state index is 12.8. The molecule has 1 amide bonds. The molecule has 2 aromatic carbocycles. The summed E-state index contributed by atoms with van der Waals surface area (Å²) in [7, 11) is 5.93. The van der Waals surface area contributed by atoms with Gasteiger partial charge in [0.15, 0.2) is 17.3 Å². The van der Waals surface area contributed by atoms with E-state index in [1.807, 2.05) is 0 Å². The van der Waals surface area contributed by atoms with E-state index in [-0.39, 0.29) is 30.2 Å². The number of hydrogen-bond donors (Lipinski definition) is 1. The Morgan fingerprint density at radius 3 is 1.93 bits per heavy atom. The Hall–Kier alpha value is -2.93. The molecule has 0 aliphatic rings. The highest BCUT2D eigenvalue weighted by molar-refractivity contribution is 6.01. The lowest BCUT2D eigenvalue weighted by Gasteiger charge is -2.14. The average Bonchev–Trinajstić information content (AvgIpc) is 2.66. The van der Waals surface area contributed by atoms with Crippen LogP contribution in [0.25, 0.3) is 0 Å². The number of ether oxygens (including phenoxy) is 4. The van der Waals surface area contributed by atoms with Gasteiger partial charge in [0.1, 0.15) is 5.75 Å². The minimum atomic E-state index is -0.611. The zero-order chi connectivity index (χ0) is 19.3. The molecule has 0 radical (unpaired) electrons. The monoisotopic (exact) mass is 395 g/mol. The first-order chi connectivity index (χ1) is 12.4. The maximum atomic E-state index is 12.8. The standard InChI is InChI=1S/C19H21NO6.ClH/c1-23-13-5-6-14(19(20)22)11(7-13)8-15(21)12-9-16(24-2)18(26-4)17(10-12)25-3;/h5-7,9-10H,8H2,1-4H3,(H2,20,22);1H. The third-order valence-corrected chi connectivity index (χ3v) is 3.92. The summed E-state index contributed by atoms with van der Waals surface area (Å²) >= 11 is 0. The van der Waals surface area contributed by atoms with Gasteiger partial charge in [-0.2, -0.15) is 0 Å². The Bertz CT molecular complexity index is 812. The largest absolute Gasteiger partial charge is 0.497 e. The zero-order valence-corrected chi connectivity index (χ0v) is 16.3. The molecule has 2 rings (SSSR count). The smallest absolute Gasteiger partial charge is 0.248 e. The van der Waals surface area contributed by atoms with Crippen molar-refractivity contribution in [2.24, 2.45) is 5.73 Å². The third kappa shape index (κ3) is 4.83. The quantitative estimate of drug-likeness (QED) is 0.690. The van der Waals surface area contributed by atoms with Gasteiger partial charge in [0.25, 0.3) is 0 Å². The number of rotatable bonds is 8. The fourth-order valence-electron chi connectivity index (χ4n) is 2.60. The summed E-state index contributed by atoms with van der Waals surface area (Å²) in [5.74, 6) is 0.820. The summed E-state index contributed by atoms with van der Waals surface area (Å²) in [6.07, 6.45) is -0.0336. The second kappa shape index (κ2) is 9.68. The van der Waals surface area contributed by atoms with Crippen molar-refractivity contribution in [2.45, 2.75) is 6.42 Å². The van der Waals surface area contributed by atoms with E-state index in [0.29, 0.717) is 34.1 Å². The van der Waals surface area contributed by atoms with E-state index in [9.17, 15) is 9.59 Å².